The molecule has 2 unspecified atom stereocenters. The van der Waals surface area contributed by atoms with Crippen molar-refractivity contribution in [2.45, 2.75) is 45.2 Å². The Bertz CT molecular complexity index is 264. The van der Waals surface area contributed by atoms with Gasteiger partial charge in [0.25, 0.3) is 0 Å². The molecule has 1 aliphatic rings. The van der Waals surface area contributed by atoms with E-state index in [1.807, 2.05) is 11.3 Å². The van der Waals surface area contributed by atoms with E-state index in [2.05, 4.69) is 36.7 Å². The van der Waals surface area contributed by atoms with Crippen LogP contribution in [0.15, 0.2) is 17.5 Å². The van der Waals surface area contributed by atoms with Gasteiger partial charge in [0.2, 0.25) is 0 Å². The van der Waals surface area contributed by atoms with Crippen LogP contribution in [0.25, 0.3) is 0 Å². The van der Waals surface area contributed by atoms with E-state index in [-0.39, 0.29) is 0 Å². The van der Waals surface area contributed by atoms with Crippen molar-refractivity contribution < 1.29 is 0 Å². The van der Waals surface area contributed by atoms with Gasteiger partial charge in [-0.25, -0.2) is 0 Å². The Hall–Kier alpha value is -0.340. The van der Waals surface area contributed by atoms with Crippen molar-refractivity contribution in [1.82, 2.24) is 5.32 Å². The maximum Gasteiger partial charge on any atom is 0.0388 e. The molecule has 14 heavy (non-hydrogen) atoms. The highest BCUT2D eigenvalue weighted by Gasteiger charge is 2.24. The third-order valence-electron chi connectivity index (χ3n) is 3.34. The Labute approximate surface area is 90.5 Å². The molecule has 0 aliphatic heterocycles. The highest BCUT2D eigenvalue weighted by Crippen LogP contribution is 2.30. The lowest BCUT2D eigenvalue weighted by molar-refractivity contribution is 0.230. The van der Waals surface area contributed by atoms with Crippen LogP contribution in [0.4, 0.5) is 0 Å². The molecule has 0 amide bonds. The number of hydrogen-bond donors (Lipinski definition) is 1. The van der Waals surface area contributed by atoms with Crippen LogP contribution in [0.2, 0.25) is 0 Å². The van der Waals surface area contributed by atoms with Crippen LogP contribution in [-0.2, 0) is 0 Å². The Balaban J connectivity index is 1.84. The van der Waals surface area contributed by atoms with Crippen LogP contribution >= 0.6 is 11.3 Å². The summed E-state index contributed by atoms with van der Waals surface area (Å²) in [6, 6.07) is 5.55. The molecule has 0 spiro atoms. The predicted molar refractivity (Wildman–Crippen MR) is 62.7 cm³/mol. The van der Waals surface area contributed by atoms with Crippen LogP contribution in [-0.4, -0.2) is 6.04 Å². The quantitative estimate of drug-likeness (QED) is 0.799. The van der Waals surface area contributed by atoms with Crippen molar-refractivity contribution in [2.24, 2.45) is 5.92 Å². The van der Waals surface area contributed by atoms with Crippen LogP contribution in [0, 0.1) is 5.92 Å². The molecule has 1 aromatic rings. The average Bonchev–Trinajstić information content (AvgIpc) is 2.51. The van der Waals surface area contributed by atoms with Gasteiger partial charge in [0, 0.05) is 17.0 Å². The van der Waals surface area contributed by atoms with E-state index in [0.717, 1.165) is 5.92 Å². The minimum Gasteiger partial charge on any atom is -0.307 e. The van der Waals surface area contributed by atoms with Crippen molar-refractivity contribution in [3.8, 4) is 0 Å². The van der Waals surface area contributed by atoms with Crippen molar-refractivity contribution in [3.05, 3.63) is 22.4 Å². The molecule has 1 fully saturated rings. The van der Waals surface area contributed by atoms with Crippen LogP contribution in [0.3, 0.4) is 0 Å². The number of rotatable bonds is 4. The average molecular weight is 209 g/mol. The molecule has 1 saturated carbocycles. The highest BCUT2D eigenvalue weighted by atomic mass is 32.1. The van der Waals surface area contributed by atoms with Gasteiger partial charge >= 0.3 is 0 Å². The zero-order valence-corrected chi connectivity index (χ0v) is 9.81. The normalized spacial score (nSPS) is 21.6. The van der Waals surface area contributed by atoms with Crippen molar-refractivity contribution in [1.29, 1.82) is 0 Å². The van der Waals surface area contributed by atoms with Crippen molar-refractivity contribution in [2.75, 3.05) is 0 Å². The lowest BCUT2D eigenvalue weighted by Gasteiger charge is -2.33. The molecule has 1 N–H and O–H groups in total. The summed E-state index contributed by atoms with van der Waals surface area (Å²) in [6.45, 7) is 4.59. The molecule has 0 radical (unpaired) electrons. The first-order chi connectivity index (χ1) is 6.77. The van der Waals surface area contributed by atoms with E-state index >= 15 is 0 Å². The first kappa shape index (κ1) is 10.2. The van der Waals surface area contributed by atoms with E-state index in [9.17, 15) is 0 Å². The first-order valence-electron chi connectivity index (χ1n) is 5.57. The molecule has 1 aromatic heterocycles. The number of hydrogen-bond acceptors (Lipinski definition) is 2. The molecule has 0 bridgehead atoms. The Morgan fingerprint density at radius 2 is 2.21 bits per heavy atom. The van der Waals surface area contributed by atoms with E-state index < -0.39 is 0 Å². The van der Waals surface area contributed by atoms with Gasteiger partial charge in [-0.05, 0) is 44.1 Å². The fourth-order valence-electron chi connectivity index (χ4n) is 2.09. The third-order valence-corrected chi connectivity index (χ3v) is 4.39. The summed E-state index contributed by atoms with van der Waals surface area (Å²) < 4.78 is 0. The zero-order valence-electron chi connectivity index (χ0n) is 8.99. The summed E-state index contributed by atoms with van der Waals surface area (Å²) in [5, 5.41) is 5.85. The molecule has 1 aliphatic carbocycles. The Morgan fingerprint density at radius 3 is 2.71 bits per heavy atom. The molecule has 0 aromatic carbocycles. The van der Waals surface area contributed by atoms with E-state index in [1.54, 1.807) is 0 Å². The summed E-state index contributed by atoms with van der Waals surface area (Å²) in [7, 11) is 0. The van der Waals surface area contributed by atoms with Crippen LogP contribution in [0.5, 0.6) is 0 Å². The second-order valence-corrected chi connectivity index (χ2v) is 5.36. The lowest BCUT2D eigenvalue weighted by Crippen LogP contribution is -2.38. The van der Waals surface area contributed by atoms with Gasteiger partial charge in [-0.2, -0.15) is 0 Å². The standard InChI is InChI=1S/C12H19NS/c1-9(11-5-3-6-11)13-10(2)12-7-4-8-14-12/h4,7-11,13H,3,5-6H2,1-2H3. The summed E-state index contributed by atoms with van der Waals surface area (Å²) in [5.74, 6) is 0.928. The van der Waals surface area contributed by atoms with Gasteiger partial charge in [-0.15, -0.1) is 11.3 Å². The largest absolute Gasteiger partial charge is 0.307 e. The molecule has 78 valence electrons. The minimum atomic E-state index is 0.519. The van der Waals surface area contributed by atoms with Gasteiger partial charge < -0.3 is 5.32 Å². The molecular formula is C12H19NS. The van der Waals surface area contributed by atoms with Gasteiger partial charge in [0.1, 0.15) is 0 Å². The fourth-order valence-corrected chi connectivity index (χ4v) is 2.83. The fraction of sp³-hybridized carbons (Fsp3) is 0.667. The molecular weight excluding hydrogens is 190 g/mol. The second-order valence-electron chi connectivity index (χ2n) is 4.38. The molecule has 2 heteroatoms. The summed E-state index contributed by atoms with van der Waals surface area (Å²) in [5.41, 5.74) is 0. The Morgan fingerprint density at radius 1 is 1.43 bits per heavy atom. The van der Waals surface area contributed by atoms with E-state index in [1.165, 1.54) is 24.1 Å². The van der Waals surface area contributed by atoms with Gasteiger partial charge in [-0.3, -0.25) is 0 Å². The van der Waals surface area contributed by atoms with E-state index in [4.69, 9.17) is 0 Å². The second kappa shape index (κ2) is 4.45. The first-order valence-corrected chi connectivity index (χ1v) is 6.45. The molecule has 2 rings (SSSR count). The molecule has 2 atom stereocenters. The van der Waals surface area contributed by atoms with Gasteiger partial charge in [-0.1, -0.05) is 12.5 Å². The van der Waals surface area contributed by atoms with Crippen molar-refractivity contribution in [3.63, 3.8) is 0 Å². The molecule has 1 heterocycles. The topological polar surface area (TPSA) is 12.0 Å². The van der Waals surface area contributed by atoms with E-state index in [0.29, 0.717) is 12.1 Å². The van der Waals surface area contributed by atoms with Crippen molar-refractivity contribution >= 4 is 11.3 Å². The highest BCUT2D eigenvalue weighted by molar-refractivity contribution is 7.10. The smallest absolute Gasteiger partial charge is 0.0388 e. The lowest BCUT2D eigenvalue weighted by atomic mass is 9.80. The minimum absolute atomic E-state index is 0.519. The van der Waals surface area contributed by atoms with Crippen LogP contribution < -0.4 is 5.32 Å². The monoisotopic (exact) mass is 209 g/mol. The van der Waals surface area contributed by atoms with Crippen LogP contribution in [0.1, 0.15) is 44.0 Å². The summed E-state index contributed by atoms with van der Waals surface area (Å²) in [6.07, 6.45) is 4.28. The molecule has 1 nitrogen and oxygen atoms in total. The third kappa shape index (κ3) is 2.18. The van der Waals surface area contributed by atoms with Gasteiger partial charge in [0.15, 0.2) is 0 Å². The summed E-state index contributed by atoms with van der Waals surface area (Å²) in [4.78, 5) is 1.45. The number of thiophene rings is 1. The number of nitrogens with one attached hydrogen (secondary N) is 1. The van der Waals surface area contributed by atoms with Gasteiger partial charge in [0.05, 0.1) is 0 Å². The Kier molecular flexibility index (Phi) is 3.24. The summed E-state index contributed by atoms with van der Waals surface area (Å²) >= 11 is 1.85. The zero-order chi connectivity index (χ0) is 9.97. The maximum atomic E-state index is 3.69. The maximum absolute atomic E-state index is 3.69. The molecule has 0 saturated heterocycles. The predicted octanol–water partition coefficient (Wildman–Crippen LogP) is 3.59. The SMILES string of the molecule is CC(NC(C)C1CCC1)c1cccs1.